The van der Waals surface area contributed by atoms with Crippen molar-refractivity contribution in [1.82, 2.24) is 0 Å². The van der Waals surface area contributed by atoms with Crippen LogP contribution >= 0.6 is 12.6 Å². The summed E-state index contributed by atoms with van der Waals surface area (Å²) in [6.07, 6.45) is 0. The fraction of sp³-hybridized carbons (Fsp3) is 0. The van der Waals surface area contributed by atoms with Crippen molar-refractivity contribution in [2.45, 2.75) is 4.90 Å². The Kier molecular flexibility index (Phi) is 3.93. The Hall–Kier alpha value is -3.18. The highest BCUT2D eigenvalue weighted by Gasteiger charge is 2.31. The van der Waals surface area contributed by atoms with Gasteiger partial charge in [0.15, 0.2) is 11.6 Å². The number of benzene rings is 3. The molecule has 0 saturated carbocycles. The maximum atomic E-state index is 12.9. The van der Waals surface area contributed by atoms with Crippen molar-refractivity contribution in [1.29, 1.82) is 0 Å². The van der Waals surface area contributed by atoms with Gasteiger partial charge < -0.3 is 5.32 Å². The molecule has 1 aliphatic rings. The van der Waals surface area contributed by atoms with Crippen LogP contribution in [0.3, 0.4) is 0 Å². The van der Waals surface area contributed by atoms with Crippen LogP contribution in [0.5, 0.6) is 0 Å². The Labute approximate surface area is 155 Å². The summed E-state index contributed by atoms with van der Waals surface area (Å²) in [5, 5.41) is 2.75. The molecule has 0 saturated heterocycles. The maximum Gasteiger partial charge on any atom is 0.256 e. The van der Waals surface area contributed by atoms with E-state index in [1.54, 1.807) is 66.7 Å². The van der Waals surface area contributed by atoms with Gasteiger partial charge in [-0.2, -0.15) is 0 Å². The molecule has 3 aromatic rings. The minimum atomic E-state index is -0.386. The molecule has 0 fully saturated rings. The number of nitrogens with one attached hydrogen (secondary N) is 1. The van der Waals surface area contributed by atoms with E-state index < -0.39 is 0 Å². The Morgan fingerprint density at radius 1 is 0.731 bits per heavy atom. The van der Waals surface area contributed by atoms with Gasteiger partial charge in [-0.05, 0) is 18.2 Å². The number of anilines is 1. The smallest absolute Gasteiger partial charge is 0.256 e. The van der Waals surface area contributed by atoms with Crippen LogP contribution in [0.15, 0.2) is 71.6 Å². The summed E-state index contributed by atoms with van der Waals surface area (Å²) in [6, 6.07) is 18.5. The lowest BCUT2D eigenvalue weighted by Gasteiger charge is -2.20. The predicted molar refractivity (Wildman–Crippen MR) is 101 cm³/mol. The number of fused-ring (bicyclic) bond motifs is 2. The number of carbonyl (C=O) groups excluding carboxylic acids is 3. The summed E-state index contributed by atoms with van der Waals surface area (Å²) in [5.41, 5.74) is 1.96. The highest BCUT2D eigenvalue weighted by Crippen LogP contribution is 2.32. The van der Waals surface area contributed by atoms with E-state index in [9.17, 15) is 14.4 Å². The van der Waals surface area contributed by atoms with E-state index >= 15 is 0 Å². The third-order valence-electron chi connectivity index (χ3n) is 4.35. The molecule has 0 atom stereocenters. The quantitative estimate of drug-likeness (QED) is 0.532. The number of amides is 1. The largest absolute Gasteiger partial charge is 0.321 e. The van der Waals surface area contributed by atoms with Crippen molar-refractivity contribution in [3.8, 4) is 0 Å². The van der Waals surface area contributed by atoms with E-state index in [-0.39, 0.29) is 23.0 Å². The second-order valence-corrected chi connectivity index (χ2v) is 6.39. The van der Waals surface area contributed by atoms with E-state index in [4.69, 9.17) is 0 Å². The average molecular weight is 359 g/mol. The highest BCUT2D eigenvalue weighted by atomic mass is 32.1. The number of carbonyl (C=O) groups is 3. The molecule has 5 heteroatoms. The SMILES string of the molecule is O=C(Nc1cccc2c1C(=O)c1ccccc1C2=O)c1ccccc1S. The minimum Gasteiger partial charge on any atom is -0.321 e. The van der Waals surface area contributed by atoms with Gasteiger partial charge in [-0.25, -0.2) is 0 Å². The van der Waals surface area contributed by atoms with Gasteiger partial charge >= 0.3 is 0 Å². The zero-order valence-electron chi connectivity index (χ0n) is 13.5. The average Bonchev–Trinajstić information content (AvgIpc) is 2.66. The molecule has 26 heavy (non-hydrogen) atoms. The molecule has 4 nitrogen and oxygen atoms in total. The zero-order valence-corrected chi connectivity index (χ0v) is 14.4. The molecule has 0 bridgehead atoms. The van der Waals surface area contributed by atoms with Gasteiger partial charge in [0, 0.05) is 21.6 Å². The van der Waals surface area contributed by atoms with E-state index in [2.05, 4.69) is 17.9 Å². The summed E-state index contributed by atoms with van der Waals surface area (Å²) in [6.45, 7) is 0. The number of hydrogen-bond acceptors (Lipinski definition) is 4. The van der Waals surface area contributed by atoms with Gasteiger partial charge in [0.1, 0.15) is 0 Å². The van der Waals surface area contributed by atoms with Gasteiger partial charge in [-0.15, -0.1) is 12.6 Å². The number of ketones is 2. The molecular formula is C21H13NO3S. The molecule has 1 amide bonds. The van der Waals surface area contributed by atoms with E-state index in [1.165, 1.54) is 0 Å². The first kappa shape index (κ1) is 16.3. The third kappa shape index (κ3) is 2.53. The molecule has 126 valence electrons. The zero-order chi connectivity index (χ0) is 18.3. The Balaban J connectivity index is 1.79. The predicted octanol–water partition coefficient (Wildman–Crippen LogP) is 4.00. The fourth-order valence-electron chi connectivity index (χ4n) is 3.10. The van der Waals surface area contributed by atoms with Crippen molar-refractivity contribution in [2.24, 2.45) is 0 Å². The van der Waals surface area contributed by atoms with Gasteiger partial charge in [0.25, 0.3) is 5.91 Å². The van der Waals surface area contributed by atoms with E-state index in [1.807, 2.05) is 0 Å². The van der Waals surface area contributed by atoms with Crippen molar-refractivity contribution < 1.29 is 14.4 Å². The molecule has 0 radical (unpaired) electrons. The van der Waals surface area contributed by atoms with Crippen LogP contribution in [0.1, 0.15) is 42.2 Å². The molecular weight excluding hydrogens is 346 g/mol. The first-order chi connectivity index (χ1) is 12.6. The normalized spacial score (nSPS) is 12.3. The van der Waals surface area contributed by atoms with Crippen molar-refractivity contribution in [3.63, 3.8) is 0 Å². The molecule has 1 N–H and O–H groups in total. The lowest BCUT2D eigenvalue weighted by atomic mass is 9.83. The molecule has 0 aliphatic heterocycles. The molecule has 3 aromatic carbocycles. The number of hydrogen-bond donors (Lipinski definition) is 2. The van der Waals surface area contributed by atoms with Crippen LogP contribution in [0.4, 0.5) is 5.69 Å². The van der Waals surface area contributed by atoms with Crippen LogP contribution in [0.2, 0.25) is 0 Å². The van der Waals surface area contributed by atoms with Gasteiger partial charge in [-0.3, -0.25) is 14.4 Å². The van der Waals surface area contributed by atoms with Crippen LogP contribution < -0.4 is 5.32 Å². The van der Waals surface area contributed by atoms with Gasteiger partial charge in [-0.1, -0.05) is 48.5 Å². The van der Waals surface area contributed by atoms with Crippen molar-refractivity contribution >= 4 is 35.8 Å². The molecule has 0 aromatic heterocycles. The molecule has 0 heterocycles. The topological polar surface area (TPSA) is 63.2 Å². The third-order valence-corrected chi connectivity index (χ3v) is 4.74. The van der Waals surface area contributed by atoms with Gasteiger partial charge in [0.05, 0.1) is 16.8 Å². The summed E-state index contributed by atoms with van der Waals surface area (Å²) < 4.78 is 0. The van der Waals surface area contributed by atoms with Gasteiger partial charge in [0.2, 0.25) is 0 Å². The van der Waals surface area contributed by atoms with E-state index in [0.717, 1.165) is 0 Å². The van der Waals surface area contributed by atoms with Crippen molar-refractivity contribution in [2.75, 3.05) is 5.32 Å². The summed E-state index contributed by atoms with van der Waals surface area (Å²) in [4.78, 5) is 38.8. The highest BCUT2D eigenvalue weighted by molar-refractivity contribution is 7.80. The Bertz CT molecular complexity index is 1090. The maximum absolute atomic E-state index is 12.9. The Morgan fingerprint density at radius 2 is 1.35 bits per heavy atom. The molecule has 1 aliphatic carbocycles. The lowest BCUT2D eigenvalue weighted by Crippen LogP contribution is -2.24. The number of thiol groups is 1. The van der Waals surface area contributed by atoms with Crippen LogP contribution in [0, 0.1) is 0 Å². The monoisotopic (exact) mass is 359 g/mol. The van der Waals surface area contributed by atoms with Crippen LogP contribution in [-0.2, 0) is 0 Å². The first-order valence-electron chi connectivity index (χ1n) is 7.98. The summed E-state index contributed by atoms with van der Waals surface area (Å²) in [5.74, 6) is -0.880. The second kappa shape index (κ2) is 6.28. The van der Waals surface area contributed by atoms with Crippen LogP contribution in [0.25, 0.3) is 0 Å². The second-order valence-electron chi connectivity index (χ2n) is 5.90. The Morgan fingerprint density at radius 3 is 2.08 bits per heavy atom. The summed E-state index contributed by atoms with van der Waals surface area (Å²) in [7, 11) is 0. The first-order valence-corrected chi connectivity index (χ1v) is 8.43. The summed E-state index contributed by atoms with van der Waals surface area (Å²) >= 11 is 4.29. The molecule has 4 rings (SSSR count). The van der Waals surface area contributed by atoms with Crippen molar-refractivity contribution in [3.05, 3.63) is 94.5 Å². The van der Waals surface area contributed by atoms with E-state index in [0.29, 0.717) is 32.8 Å². The molecule has 0 unspecified atom stereocenters. The minimum absolute atomic E-state index is 0.221. The van der Waals surface area contributed by atoms with Crippen LogP contribution in [-0.4, -0.2) is 17.5 Å². The number of rotatable bonds is 2. The lowest BCUT2D eigenvalue weighted by molar-refractivity contribution is 0.0978. The molecule has 0 spiro atoms. The fourth-order valence-corrected chi connectivity index (χ4v) is 3.37. The standard InChI is InChI=1S/C21H13NO3S/c23-19-12-6-1-2-7-13(12)20(24)18-15(19)9-5-10-16(18)22-21(25)14-8-3-4-11-17(14)26/h1-11,26H,(H,22,25).